The molecule has 0 saturated carbocycles. The van der Waals surface area contributed by atoms with Crippen LogP contribution in [-0.4, -0.2) is 49.1 Å². The highest BCUT2D eigenvalue weighted by atomic mass is 16.2. The Bertz CT molecular complexity index is 557. The number of urea groups is 1. The van der Waals surface area contributed by atoms with Gasteiger partial charge in [-0.2, -0.15) is 0 Å². The van der Waals surface area contributed by atoms with Gasteiger partial charge in [-0.05, 0) is 44.4 Å². The van der Waals surface area contributed by atoms with Crippen molar-refractivity contribution in [1.29, 1.82) is 0 Å². The van der Waals surface area contributed by atoms with E-state index in [2.05, 4.69) is 16.0 Å². The van der Waals surface area contributed by atoms with Crippen molar-refractivity contribution in [1.82, 2.24) is 15.5 Å². The van der Waals surface area contributed by atoms with Gasteiger partial charge in [0.25, 0.3) is 0 Å². The van der Waals surface area contributed by atoms with Gasteiger partial charge in [0.05, 0.1) is 5.92 Å². The minimum atomic E-state index is -0.127. The van der Waals surface area contributed by atoms with Gasteiger partial charge in [-0.3, -0.25) is 4.79 Å². The normalized spacial score (nSPS) is 24.2. The molecule has 0 aromatic heterocycles. The van der Waals surface area contributed by atoms with E-state index >= 15 is 0 Å². The van der Waals surface area contributed by atoms with Gasteiger partial charge in [0.2, 0.25) is 5.91 Å². The van der Waals surface area contributed by atoms with Crippen molar-refractivity contribution >= 4 is 17.6 Å². The number of carbonyl (C=O) groups excluding carboxylic acids is 2. The molecule has 1 aromatic rings. The molecule has 2 heterocycles. The SMILES string of the molecule is O=C(N[C@H]1CCCNC1)C1CCCN(C(=O)Nc2ccccc2)C1. The monoisotopic (exact) mass is 330 g/mol. The van der Waals surface area contributed by atoms with Gasteiger partial charge >= 0.3 is 6.03 Å². The molecule has 2 atom stereocenters. The first-order valence-corrected chi connectivity index (χ1v) is 8.84. The van der Waals surface area contributed by atoms with Crippen molar-refractivity contribution in [2.75, 3.05) is 31.5 Å². The van der Waals surface area contributed by atoms with Crippen LogP contribution in [0.3, 0.4) is 0 Å². The predicted octanol–water partition coefficient (Wildman–Crippen LogP) is 1.80. The number of likely N-dealkylation sites (tertiary alicyclic amines) is 1. The molecule has 0 aliphatic carbocycles. The Kier molecular flexibility index (Phi) is 5.69. The van der Waals surface area contributed by atoms with Gasteiger partial charge in [0.15, 0.2) is 0 Å². The van der Waals surface area contributed by atoms with Crippen LogP contribution in [0.25, 0.3) is 0 Å². The Morgan fingerprint density at radius 2 is 1.96 bits per heavy atom. The van der Waals surface area contributed by atoms with Crippen LogP contribution < -0.4 is 16.0 Å². The molecule has 6 heteroatoms. The van der Waals surface area contributed by atoms with Crippen LogP contribution in [0.15, 0.2) is 30.3 Å². The summed E-state index contributed by atoms with van der Waals surface area (Å²) in [4.78, 5) is 26.6. The van der Waals surface area contributed by atoms with Crippen molar-refractivity contribution in [2.24, 2.45) is 5.92 Å². The first-order chi connectivity index (χ1) is 11.7. The van der Waals surface area contributed by atoms with E-state index in [1.165, 1.54) is 0 Å². The Hall–Kier alpha value is -2.08. The summed E-state index contributed by atoms with van der Waals surface area (Å²) >= 11 is 0. The fraction of sp³-hybridized carbons (Fsp3) is 0.556. The van der Waals surface area contributed by atoms with Crippen LogP contribution in [0.5, 0.6) is 0 Å². The molecule has 3 amide bonds. The van der Waals surface area contributed by atoms with Crippen LogP contribution >= 0.6 is 0 Å². The number of hydrogen-bond acceptors (Lipinski definition) is 3. The summed E-state index contributed by atoms with van der Waals surface area (Å²) in [7, 11) is 0. The number of hydrogen-bond donors (Lipinski definition) is 3. The van der Waals surface area contributed by atoms with Crippen molar-refractivity contribution < 1.29 is 9.59 Å². The lowest BCUT2D eigenvalue weighted by Crippen LogP contribution is -2.51. The number of anilines is 1. The highest BCUT2D eigenvalue weighted by Gasteiger charge is 2.29. The maximum Gasteiger partial charge on any atom is 0.321 e. The van der Waals surface area contributed by atoms with Gasteiger partial charge in [0.1, 0.15) is 0 Å². The number of para-hydroxylation sites is 1. The van der Waals surface area contributed by atoms with Crippen LogP contribution in [-0.2, 0) is 4.79 Å². The Morgan fingerprint density at radius 3 is 2.71 bits per heavy atom. The lowest BCUT2D eigenvalue weighted by Gasteiger charge is -2.33. The molecule has 0 bridgehead atoms. The molecule has 1 aromatic carbocycles. The smallest absolute Gasteiger partial charge is 0.321 e. The summed E-state index contributed by atoms with van der Waals surface area (Å²) in [6.07, 6.45) is 3.84. The molecule has 6 nitrogen and oxygen atoms in total. The zero-order valence-electron chi connectivity index (χ0n) is 14.0. The third kappa shape index (κ3) is 4.47. The lowest BCUT2D eigenvalue weighted by molar-refractivity contribution is -0.127. The van der Waals surface area contributed by atoms with E-state index in [0.29, 0.717) is 13.1 Å². The Morgan fingerprint density at radius 1 is 1.12 bits per heavy atom. The molecule has 3 rings (SSSR count). The van der Waals surface area contributed by atoms with Crippen molar-refractivity contribution in [3.63, 3.8) is 0 Å². The van der Waals surface area contributed by atoms with E-state index in [9.17, 15) is 9.59 Å². The number of piperidine rings is 2. The zero-order valence-corrected chi connectivity index (χ0v) is 14.0. The fourth-order valence-corrected chi connectivity index (χ4v) is 3.39. The molecule has 2 fully saturated rings. The average Bonchev–Trinajstić information content (AvgIpc) is 2.63. The summed E-state index contributed by atoms with van der Waals surface area (Å²) in [5.41, 5.74) is 0.780. The van der Waals surface area contributed by atoms with E-state index in [4.69, 9.17) is 0 Å². The molecule has 1 unspecified atom stereocenters. The van der Waals surface area contributed by atoms with Crippen molar-refractivity contribution in [2.45, 2.75) is 31.7 Å². The predicted molar refractivity (Wildman–Crippen MR) is 93.8 cm³/mol. The second-order valence-electron chi connectivity index (χ2n) is 6.63. The summed E-state index contributed by atoms with van der Waals surface area (Å²) in [5, 5.41) is 9.34. The number of rotatable bonds is 3. The molecule has 3 N–H and O–H groups in total. The van der Waals surface area contributed by atoms with E-state index in [1.54, 1.807) is 4.90 Å². The van der Waals surface area contributed by atoms with Gasteiger partial charge in [0, 0.05) is 31.4 Å². The standard InChI is InChI=1S/C18H26N4O2/c23-17(20-16-9-4-10-19-12-16)14-6-5-11-22(13-14)18(24)21-15-7-2-1-3-8-15/h1-3,7-8,14,16,19H,4-6,9-13H2,(H,20,23)(H,21,24)/t14?,16-/m0/s1. The summed E-state index contributed by atoms with van der Waals surface area (Å²) in [6.45, 7) is 3.07. The number of carbonyl (C=O) groups is 2. The molecule has 24 heavy (non-hydrogen) atoms. The van der Waals surface area contributed by atoms with Crippen LogP contribution in [0.1, 0.15) is 25.7 Å². The third-order valence-electron chi connectivity index (χ3n) is 4.75. The van der Waals surface area contributed by atoms with Crippen LogP contribution in [0, 0.1) is 5.92 Å². The summed E-state index contributed by atoms with van der Waals surface area (Å²) in [5.74, 6) is -0.0249. The average molecular weight is 330 g/mol. The van der Waals surface area contributed by atoms with Crippen molar-refractivity contribution in [3.8, 4) is 0 Å². The van der Waals surface area contributed by atoms with Crippen LogP contribution in [0.4, 0.5) is 10.5 Å². The maximum atomic E-state index is 12.5. The third-order valence-corrected chi connectivity index (χ3v) is 4.75. The maximum absolute atomic E-state index is 12.5. The Balaban J connectivity index is 1.51. The molecular weight excluding hydrogens is 304 g/mol. The minimum absolute atomic E-state index is 0.0842. The van der Waals surface area contributed by atoms with E-state index in [0.717, 1.165) is 44.5 Å². The molecule has 0 radical (unpaired) electrons. The quantitative estimate of drug-likeness (QED) is 0.791. The topological polar surface area (TPSA) is 73.5 Å². The summed E-state index contributed by atoms with van der Waals surface area (Å²) in [6, 6.07) is 9.51. The number of benzene rings is 1. The molecule has 0 spiro atoms. The lowest BCUT2D eigenvalue weighted by atomic mass is 9.96. The van der Waals surface area contributed by atoms with Gasteiger partial charge in [-0.25, -0.2) is 4.79 Å². The first kappa shape index (κ1) is 16.8. The van der Waals surface area contributed by atoms with Gasteiger partial charge in [-0.15, -0.1) is 0 Å². The largest absolute Gasteiger partial charge is 0.352 e. The van der Waals surface area contributed by atoms with E-state index < -0.39 is 0 Å². The highest BCUT2D eigenvalue weighted by molar-refractivity contribution is 5.90. The number of amides is 3. The summed E-state index contributed by atoms with van der Waals surface area (Å²) < 4.78 is 0. The molecule has 130 valence electrons. The molecule has 2 aliphatic rings. The van der Waals surface area contributed by atoms with Crippen LogP contribution in [0.2, 0.25) is 0 Å². The van der Waals surface area contributed by atoms with E-state index in [1.807, 2.05) is 30.3 Å². The minimum Gasteiger partial charge on any atom is -0.352 e. The number of nitrogens with one attached hydrogen (secondary N) is 3. The Labute approximate surface area is 143 Å². The zero-order chi connectivity index (χ0) is 16.8. The first-order valence-electron chi connectivity index (χ1n) is 8.84. The van der Waals surface area contributed by atoms with E-state index in [-0.39, 0.29) is 23.9 Å². The number of nitrogens with zero attached hydrogens (tertiary/aromatic N) is 1. The van der Waals surface area contributed by atoms with Crippen molar-refractivity contribution in [3.05, 3.63) is 30.3 Å². The fourth-order valence-electron chi connectivity index (χ4n) is 3.39. The second kappa shape index (κ2) is 8.15. The molecule has 2 saturated heterocycles. The molecular formula is C18H26N4O2. The molecule has 2 aliphatic heterocycles. The van der Waals surface area contributed by atoms with Gasteiger partial charge in [-0.1, -0.05) is 18.2 Å². The highest BCUT2D eigenvalue weighted by Crippen LogP contribution is 2.18. The second-order valence-corrected chi connectivity index (χ2v) is 6.63. The van der Waals surface area contributed by atoms with Gasteiger partial charge < -0.3 is 20.9 Å².